The molecule has 1 aromatic carbocycles. The van der Waals surface area contributed by atoms with E-state index in [0.29, 0.717) is 18.0 Å². The van der Waals surface area contributed by atoms with E-state index in [1.165, 1.54) is 0 Å². The van der Waals surface area contributed by atoms with E-state index in [1.54, 1.807) is 17.0 Å². The second-order valence-corrected chi connectivity index (χ2v) is 9.24. The Hall–Kier alpha value is -1.56. The highest BCUT2D eigenvalue weighted by Gasteiger charge is 2.37. The van der Waals surface area contributed by atoms with E-state index in [-0.39, 0.29) is 11.3 Å². The Kier molecular flexibility index (Phi) is 3.47. The van der Waals surface area contributed by atoms with Gasteiger partial charge < -0.3 is 4.74 Å². The smallest absolute Gasteiger partial charge is 0.410 e. The highest BCUT2D eigenvalue weighted by atomic mass is 32.2. The van der Waals surface area contributed by atoms with Crippen LogP contribution in [0, 0.1) is 0 Å². The minimum Gasteiger partial charge on any atom is -0.444 e. The highest BCUT2D eigenvalue weighted by molar-refractivity contribution is 7.92. The molecule has 0 saturated heterocycles. The number of sulfone groups is 1. The summed E-state index contributed by atoms with van der Waals surface area (Å²) in [6, 6.07) is 5.19. The van der Waals surface area contributed by atoms with Crippen molar-refractivity contribution in [1.29, 1.82) is 0 Å². The van der Waals surface area contributed by atoms with Gasteiger partial charge in [0.1, 0.15) is 5.60 Å². The molecule has 0 spiro atoms. The number of benzene rings is 1. The van der Waals surface area contributed by atoms with Gasteiger partial charge in [-0.15, -0.1) is 0 Å². The lowest BCUT2D eigenvalue weighted by molar-refractivity contribution is 0.0242. The number of carbonyl (C=O) groups excluding carboxylic acids is 1. The predicted molar refractivity (Wildman–Crippen MR) is 82.1 cm³/mol. The molecule has 6 heteroatoms. The van der Waals surface area contributed by atoms with Crippen molar-refractivity contribution in [3.8, 4) is 0 Å². The third kappa shape index (κ3) is 2.97. The van der Waals surface area contributed by atoms with Crippen molar-refractivity contribution in [2.75, 3.05) is 0 Å². The fourth-order valence-corrected chi connectivity index (χ4v) is 4.28. The minimum atomic E-state index is -3.19. The zero-order valence-electron chi connectivity index (χ0n) is 13.1. The number of hydrogen-bond acceptors (Lipinski definition) is 4. The summed E-state index contributed by atoms with van der Waals surface area (Å²) in [7, 11) is -3.19. The number of ether oxygens (including phenoxy) is 1. The molecule has 1 heterocycles. The standard InChI is InChI=1S/C16H21NO4S/c1-16(2,3)21-15(18)17-9-11-4-5-14(8-12(11)10-17)22(19,20)13-6-7-13/h4-5,8,13H,6-7,9-10H2,1-3H3. The molecule has 0 aromatic heterocycles. The van der Waals surface area contributed by atoms with E-state index in [0.717, 1.165) is 24.0 Å². The van der Waals surface area contributed by atoms with E-state index < -0.39 is 15.4 Å². The molecule has 1 saturated carbocycles. The molecule has 0 N–H and O–H groups in total. The first kappa shape index (κ1) is 15.3. The summed E-state index contributed by atoms with van der Waals surface area (Å²) < 4.78 is 30.0. The molecule has 1 aliphatic carbocycles. The van der Waals surface area contributed by atoms with Crippen molar-refractivity contribution in [2.45, 2.75) is 62.4 Å². The van der Waals surface area contributed by atoms with Gasteiger partial charge in [-0.1, -0.05) is 6.07 Å². The van der Waals surface area contributed by atoms with Crippen molar-refractivity contribution >= 4 is 15.9 Å². The molecule has 0 atom stereocenters. The normalized spacial score (nSPS) is 18.2. The number of fused-ring (bicyclic) bond motifs is 1. The van der Waals surface area contributed by atoms with Gasteiger partial charge in [0, 0.05) is 13.1 Å². The first-order chi connectivity index (χ1) is 10.2. The van der Waals surface area contributed by atoms with Gasteiger partial charge in [0.15, 0.2) is 9.84 Å². The van der Waals surface area contributed by atoms with Gasteiger partial charge in [-0.3, -0.25) is 4.90 Å². The molecule has 0 bridgehead atoms. The van der Waals surface area contributed by atoms with Crippen molar-refractivity contribution in [3.63, 3.8) is 0 Å². The topological polar surface area (TPSA) is 63.7 Å². The van der Waals surface area contributed by atoms with E-state index in [2.05, 4.69) is 0 Å². The Morgan fingerprint density at radius 1 is 1.18 bits per heavy atom. The van der Waals surface area contributed by atoms with E-state index in [4.69, 9.17) is 4.74 Å². The molecule has 3 rings (SSSR count). The minimum absolute atomic E-state index is 0.214. The molecule has 2 aliphatic rings. The highest BCUT2D eigenvalue weighted by Crippen LogP contribution is 2.35. The summed E-state index contributed by atoms with van der Waals surface area (Å²) in [5, 5.41) is -0.214. The van der Waals surface area contributed by atoms with Crippen LogP contribution in [0.4, 0.5) is 4.79 Å². The van der Waals surface area contributed by atoms with Crippen LogP contribution in [0.2, 0.25) is 0 Å². The van der Waals surface area contributed by atoms with E-state index >= 15 is 0 Å². The first-order valence-corrected chi connectivity index (χ1v) is 9.05. The van der Waals surface area contributed by atoms with Crippen LogP contribution in [0.3, 0.4) is 0 Å². The van der Waals surface area contributed by atoms with Gasteiger partial charge in [0.2, 0.25) is 0 Å². The monoisotopic (exact) mass is 323 g/mol. The van der Waals surface area contributed by atoms with E-state index in [1.807, 2.05) is 26.8 Å². The third-order valence-corrected chi connectivity index (χ3v) is 6.10. The van der Waals surface area contributed by atoms with Crippen LogP contribution in [-0.4, -0.2) is 30.3 Å². The Labute approximate surface area is 131 Å². The van der Waals surface area contributed by atoms with Crippen LogP contribution in [-0.2, 0) is 27.7 Å². The quantitative estimate of drug-likeness (QED) is 0.839. The number of amides is 1. The van der Waals surface area contributed by atoms with Crippen LogP contribution in [0.25, 0.3) is 0 Å². The molecule has 1 amide bonds. The van der Waals surface area contributed by atoms with Gasteiger partial charge in [0.05, 0.1) is 10.1 Å². The van der Waals surface area contributed by atoms with Crippen LogP contribution in [0.1, 0.15) is 44.7 Å². The first-order valence-electron chi connectivity index (χ1n) is 7.50. The number of hydrogen-bond donors (Lipinski definition) is 0. The lowest BCUT2D eigenvalue weighted by Crippen LogP contribution is -2.33. The molecule has 0 radical (unpaired) electrons. The number of nitrogens with zero attached hydrogens (tertiary/aromatic N) is 1. The lowest BCUT2D eigenvalue weighted by Gasteiger charge is -2.24. The van der Waals surface area contributed by atoms with Crippen LogP contribution in [0.15, 0.2) is 23.1 Å². The molecular formula is C16H21NO4S. The van der Waals surface area contributed by atoms with Crippen molar-refractivity contribution in [3.05, 3.63) is 29.3 Å². The maximum Gasteiger partial charge on any atom is 0.410 e. The van der Waals surface area contributed by atoms with Crippen LogP contribution >= 0.6 is 0 Å². The summed E-state index contributed by atoms with van der Waals surface area (Å²) >= 11 is 0. The number of carbonyl (C=O) groups is 1. The molecular weight excluding hydrogens is 302 g/mol. The fourth-order valence-electron chi connectivity index (χ4n) is 2.57. The van der Waals surface area contributed by atoms with Gasteiger partial charge in [-0.2, -0.15) is 0 Å². The lowest BCUT2D eigenvalue weighted by atomic mass is 10.1. The predicted octanol–water partition coefficient (Wildman–Crippen LogP) is 2.87. The maximum atomic E-state index is 12.3. The largest absolute Gasteiger partial charge is 0.444 e. The van der Waals surface area contributed by atoms with Gasteiger partial charge in [-0.05, 0) is 56.9 Å². The molecule has 5 nitrogen and oxygen atoms in total. The maximum absolute atomic E-state index is 12.3. The SMILES string of the molecule is CC(C)(C)OC(=O)N1Cc2ccc(S(=O)(=O)C3CC3)cc2C1. The summed E-state index contributed by atoms with van der Waals surface area (Å²) in [6.45, 7) is 6.35. The summed E-state index contributed by atoms with van der Waals surface area (Å²) in [5.74, 6) is 0. The summed E-state index contributed by atoms with van der Waals surface area (Å²) in [4.78, 5) is 14.1. The van der Waals surface area contributed by atoms with Gasteiger partial charge in [0.25, 0.3) is 0 Å². The fraction of sp³-hybridized carbons (Fsp3) is 0.562. The molecule has 1 aliphatic heterocycles. The average Bonchev–Trinajstić information content (AvgIpc) is 3.16. The summed E-state index contributed by atoms with van der Waals surface area (Å²) in [5.41, 5.74) is 1.35. The average molecular weight is 323 g/mol. The Morgan fingerprint density at radius 2 is 1.82 bits per heavy atom. The zero-order valence-corrected chi connectivity index (χ0v) is 13.9. The Bertz CT molecular complexity index is 714. The summed E-state index contributed by atoms with van der Waals surface area (Å²) in [6.07, 6.45) is 1.14. The molecule has 120 valence electrons. The molecule has 1 fully saturated rings. The second-order valence-electron chi connectivity index (χ2n) is 7.01. The Balaban J connectivity index is 1.78. The van der Waals surface area contributed by atoms with Crippen molar-refractivity contribution in [1.82, 2.24) is 4.90 Å². The van der Waals surface area contributed by atoms with Gasteiger partial charge in [-0.25, -0.2) is 13.2 Å². The van der Waals surface area contributed by atoms with Crippen molar-refractivity contribution < 1.29 is 17.9 Å². The Morgan fingerprint density at radius 3 is 2.41 bits per heavy atom. The van der Waals surface area contributed by atoms with Crippen LogP contribution in [0.5, 0.6) is 0 Å². The van der Waals surface area contributed by atoms with Gasteiger partial charge >= 0.3 is 6.09 Å². The molecule has 22 heavy (non-hydrogen) atoms. The molecule has 1 aromatic rings. The second kappa shape index (κ2) is 4.98. The van der Waals surface area contributed by atoms with Crippen LogP contribution < -0.4 is 0 Å². The third-order valence-electron chi connectivity index (χ3n) is 3.84. The number of rotatable bonds is 2. The zero-order chi connectivity index (χ0) is 16.1. The molecule has 0 unspecified atom stereocenters. The van der Waals surface area contributed by atoms with Crippen molar-refractivity contribution in [2.24, 2.45) is 0 Å². The van der Waals surface area contributed by atoms with E-state index in [9.17, 15) is 13.2 Å².